The Bertz CT molecular complexity index is 430. The molecular formula is C16H26Cl2N2O2. The molecule has 0 radical (unpaired) electrons. The summed E-state index contributed by atoms with van der Waals surface area (Å²) in [5.41, 5.74) is 1.23. The maximum atomic E-state index is 5.38. The van der Waals surface area contributed by atoms with E-state index < -0.39 is 0 Å². The van der Waals surface area contributed by atoms with Gasteiger partial charge in [0, 0.05) is 38.3 Å². The van der Waals surface area contributed by atoms with Crippen LogP contribution in [-0.4, -0.2) is 45.3 Å². The smallest absolute Gasteiger partial charge is 0.122 e. The predicted octanol–water partition coefficient (Wildman–Crippen LogP) is 3.07. The summed E-state index contributed by atoms with van der Waals surface area (Å²) in [4.78, 5) is 2.49. The lowest BCUT2D eigenvalue weighted by molar-refractivity contribution is 0.174. The van der Waals surface area contributed by atoms with Gasteiger partial charge in [-0.05, 0) is 24.1 Å². The molecule has 0 aromatic heterocycles. The maximum absolute atomic E-state index is 5.38. The predicted molar refractivity (Wildman–Crippen MR) is 96.0 cm³/mol. The van der Waals surface area contributed by atoms with Crippen molar-refractivity contribution in [1.82, 2.24) is 10.2 Å². The molecular weight excluding hydrogens is 323 g/mol. The molecule has 22 heavy (non-hydrogen) atoms. The van der Waals surface area contributed by atoms with Crippen LogP contribution in [0.1, 0.15) is 18.0 Å². The van der Waals surface area contributed by atoms with E-state index in [4.69, 9.17) is 9.47 Å². The Balaban J connectivity index is 0.00000220. The van der Waals surface area contributed by atoms with Gasteiger partial charge < -0.3 is 14.8 Å². The lowest BCUT2D eigenvalue weighted by Gasteiger charge is -2.35. The zero-order chi connectivity index (χ0) is 14.4. The Kier molecular flexibility index (Phi) is 10.3. The summed E-state index contributed by atoms with van der Waals surface area (Å²) >= 11 is 0. The fourth-order valence-electron chi connectivity index (χ4n) is 2.67. The van der Waals surface area contributed by atoms with Crippen molar-refractivity contribution < 1.29 is 9.47 Å². The number of hydrogen-bond acceptors (Lipinski definition) is 4. The fraction of sp³-hybridized carbons (Fsp3) is 0.500. The van der Waals surface area contributed by atoms with Crippen molar-refractivity contribution in [2.45, 2.75) is 12.5 Å². The first-order valence-corrected chi connectivity index (χ1v) is 7.07. The van der Waals surface area contributed by atoms with E-state index in [-0.39, 0.29) is 24.8 Å². The first kappa shape index (κ1) is 21.1. The molecule has 0 unspecified atom stereocenters. The van der Waals surface area contributed by atoms with Crippen LogP contribution in [0.5, 0.6) is 11.5 Å². The highest BCUT2D eigenvalue weighted by atomic mass is 35.5. The summed E-state index contributed by atoms with van der Waals surface area (Å²) in [5.74, 6) is 1.67. The van der Waals surface area contributed by atoms with Crippen molar-refractivity contribution in [3.05, 3.63) is 36.4 Å². The highest BCUT2D eigenvalue weighted by molar-refractivity contribution is 5.85. The van der Waals surface area contributed by atoms with Gasteiger partial charge in [0.15, 0.2) is 0 Å². The van der Waals surface area contributed by atoms with Gasteiger partial charge in [-0.15, -0.1) is 31.4 Å². The van der Waals surface area contributed by atoms with Crippen molar-refractivity contribution in [2.75, 3.05) is 40.4 Å². The molecule has 1 fully saturated rings. The molecule has 2 rings (SSSR count). The van der Waals surface area contributed by atoms with Gasteiger partial charge in [-0.2, -0.15) is 0 Å². The average molecular weight is 349 g/mol. The first-order valence-electron chi connectivity index (χ1n) is 7.07. The third kappa shape index (κ3) is 5.36. The van der Waals surface area contributed by atoms with Crippen LogP contribution in [0.3, 0.4) is 0 Å². The molecule has 1 saturated heterocycles. The highest BCUT2D eigenvalue weighted by Gasteiger charge is 2.22. The Labute approximate surface area is 145 Å². The molecule has 1 atom stereocenters. The molecule has 1 aliphatic rings. The third-order valence-electron chi connectivity index (χ3n) is 3.74. The lowest BCUT2D eigenvalue weighted by Crippen LogP contribution is -2.45. The summed E-state index contributed by atoms with van der Waals surface area (Å²) in [6.45, 7) is 8.08. The van der Waals surface area contributed by atoms with Gasteiger partial charge in [0.05, 0.1) is 14.2 Å². The van der Waals surface area contributed by atoms with Crippen molar-refractivity contribution in [1.29, 1.82) is 0 Å². The number of halogens is 2. The van der Waals surface area contributed by atoms with Gasteiger partial charge in [0.2, 0.25) is 0 Å². The molecule has 0 bridgehead atoms. The second kappa shape index (κ2) is 10.7. The van der Waals surface area contributed by atoms with Gasteiger partial charge >= 0.3 is 0 Å². The van der Waals surface area contributed by atoms with Gasteiger partial charge in [-0.25, -0.2) is 0 Å². The second-order valence-corrected chi connectivity index (χ2v) is 4.97. The standard InChI is InChI=1S/C16H24N2O2.2ClH/c1-4-5-16(18-8-6-17-7-9-18)13-10-14(19-2)12-15(11-13)20-3;;/h4,10-12,16-17H,1,5-9H2,2-3H3;2*1H/t16-;;/m0../s1. The van der Waals surface area contributed by atoms with Crippen LogP contribution in [-0.2, 0) is 0 Å². The van der Waals surface area contributed by atoms with Crippen LogP contribution in [0.2, 0.25) is 0 Å². The van der Waals surface area contributed by atoms with Crippen LogP contribution in [0, 0.1) is 0 Å². The summed E-state index contributed by atoms with van der Waals surface area (Å²) in [5, 5.41) is 3.39. The number of nitrogens with one attached hydrogen (secondary N) is 1. The van der Waals surface area contributed by atoms with Crippen molar-refractivity contribution >= 4 is 24.8 Å². The Morgan fingerprint density at radius 3 is 2.14 bits per heavy atom. The molecule has 1 aromatic carbocycles. The van der Waals surface area contributed by atoms with Crippen LogP contribution in [0.4, 0.5) is 0 Å². The molecule has 1 aliphatic heterocycles. The van der Waals surface area contributed by atoms with E-state index in [1.807, 2.05) is 12.1 Å². The largest absolute Gasteiger partial charge is 0.497 e. The van der Waals surface area contributed by atoms with Crippen molar-refractivity contribution in [2.24, 2.45) is 0 Å². The fourth-order valence-corrected chi connectivity index (χ4v) is 2.67. The Hall–Kier alpha value is -0.940. The number of benzene rings is 1. The Morgan fingerprint density at radius 2 is 1.68 bits per heavy atom. The van der Waals surface area contributed by atoms with Crippen LogP contribution >= 0.6 is 24.8 Å². The SMILES string of the molecule is C=CC[C@@H](c1cc(OC)cc(OC)c1)N1CCNCC1.Cl.Cl. The van der Waals surface area contributed by atoms with Crippen LogP contribution in [0.15, 0.2) is 30.9 Å². The number of hydrogen-bond donors (Lipinski definition) is 1. The monoisotopic (exact) mass is 348 g/mol. The quantitative estimate of drug-likeness (QED) is 0.801. The molecule has 1 aromatic rings. The zero-order valence-corrected chi connectivity index (χ0v) is 14.8. The summed E-state index contributed by atoms with van der Waals surface area (Å²) in [6, 6.07) is 6.43. The van der Waals surface area contributed by atoms with E-state index in [1.165, 1.54) is 5.56 Å². The molecule has 126 valence electrons. The van der Waals surface area contributed by atoms with Gasteiger partial charge in [-0.3, -0.25) is 4.90 Å². The lowest BCUT2D eigenvalue weighted by atomic mass is 10.0. The second-order valence-electron chi connectivity index (χ2n) is 4.97. The molecule has 0 spiro atoms. The number of rotatable bonds is 6. The van der Waals surface area contributed by atoms with Crippen molar-refractivity contribution in [3.63, 3.8) is 0 Å². The minimum atomic E-state index is 0. The van der Waals surface area contributed by atoms with Gasteiger partial charge in [0.1, 0.15) is 11.5 Å². The van der Waals surface area contributed by atoms with Gasteiger partial charge in [-0.1, -0.05) is 6.08 Å². The summed E-state index contributed by atoms with van der Waals surface area (Å²) in [7, 11) is 3.37. The van der Waals surface area contributed by atoms with Crippen LogP contribution in [0.25, 0.3) is 0 Å². The number of ether oxygens (including phenoxy) is 2. The topological polar surface area (TPSA) is 33.7 Å². The van der Waals surface area contributed by atoms with E-state index in [1.54, 1.807) is 14.2 Å². The first-order chi connectivity index (χ1) is 9.78. The molecule has 1 N–H and O–H groups in total. The molecule has 0 saturated carbocycles. The number of nitrogens with zero attached hydrogens (tertiary/aromatic N) is 1. The molecule has 6 heteroatoms. The molecule has 0 amide bonds. The maximum Gasteiger partial charge on any atom is 0.122 e. The third-order valence-corrected chi connectivity index (χ3v) is 3.74. The highest BCUT2D eigenvalue weighted by Crippen LogP contribution is 2.31. The molecule has 0 aliphatic carbocycles. The molecule has 1 heterocycles. The normalized spacial score (nSPS) is 15.9. The van der Waals surface area contributed by atoms with Crippen molar-refractivity contribution in [3.8, 4) is 11.5 Å². The van der Waals surface area contributed by atoms with E-state index in [0.29, 0.717) is 6.04 Å². The van der Waals surface area contributed by atoms with Crippen LogP contribution < -0.4 is 14.8 Å². The number of piperazine rings is 1. The average Bonchev–Trinajstić information content (AvgIpc) is 2.52. The summed E-state index contributed by atoms with van der Waals surface area (Å²) in [6.07, 6.45) is 2.91. The Morgan fingerprint density at radius 1 is 1.14 bits per heavy atom. The van der Waals surface area contributed by atoms with E-state index >= 15 is 0 Å². The van der Waals surface area contributed by atoms with E-state index in [9.17, 15) is 0 Å². The minimum absolute atomic E-state index is 0. The van der Waals surface area contributed by atoms with E-state index in [0.717, 1.165) is 44.1 Å². The number of methoxy groups -OCH3 is 2. The molecule has 4 nitrogen and oxygen atoms in total. The van der Waals surface area contributed by atoms with Gasteiger partial charge in [0.25, 0.3) is 0 Å². The minimum Gasteiger partial charge on any atom is -0.497 e. The van der Waals surface area contributed by atoms with E-state index in [2.05, 4.69) is 28.9 Å². The summed E-state index contributed by atoms with van der Waals surface area (Å²) < 4.78 is 10.8. The zero-order valence-electron chi connectivity index (χ0n) is 13.2.